The number of aryl methyl sites for hydroxylation is 1. The van der Waals surface area contributed by atoms with Crippen LogP contribution in [0.15, 0.2) is 6.07 Å². The molecule has 3 nitrogen and oxygen atoms in total. The van der Waals surface area contributed by atoms with Crippen LogP contribution in [0.3, 0.4) is 0 Å². The van der Waals surface area contributed by atoms with Gasteiger partial charge in [0.2, 0.25) is 0 Å². The monoisotopic (exact) mass is 281 g/mol. The Labute approximate surface area is 121 Å². The molecule has 0 radical (unpaired) electrons. The summed E-state index contributed by atoms with van der Waals surface area (Å²) >= 11 is 1.94. The third-order valence-corrected chi connectivity index (χ3v) is 5.24. The van der Waals surface area contributed by atoms with Crippen LogP contribution in [0.5, 0.6) is 0 Å². The molecule has 2 heterocycles. The molecule has 0 aromatic carbocycles. The predicted octanol–water partition coefficient (Wildman–Crippen LogP) is 2.30. The van der Waals surface area contributed by atoms with Crippen molar-refractivity contribution in [3.63, 3.8) is 0 Å². The van der Waals surface area contributed by atoms with E-state index >= 15 is 0 Å². The lowest BCUT2D eigenvalue weighted by molar-refractivity contribution is 0.0883. The minimum atomic E-state index is 0.726. The quantitative estimate of drug-likeness (QED) is 0.893. The van der Waals surface area contributed by atoms with Gasteiger partial charge in [0.15, 0.2) is 0 Å². The van der Waals surface area contributed by atoms with Crippen molar-refractivity contribution in [2.24, 2.45) is 0 Å². The number of piperazine rings is 1. The van der Waals surface area contributed by atoms with Gasteiger partial charge in [-0.05, 0) is 39.1 Å². The highest BCUT2D eigenvalue weighted by molar-refractivity contribution is 7.12. The maximum absolute atomic E-state index is 3.24. The van der Waals surface area contributed by atoms with Crippen LogP contribution in [0, 0.1) is 6.92 Å². The van der Waals surface area contributed by atoms with Gasteiger partial charge in [-0.15, -0.1) is 11.3 Å². The third-order valence-electron chi connectivity index (χ3n) is 4.15. The van der Waals surface area contributed by atoms with Crippen molar-refractivity contribution in [1.29, 1.82) is 0 Å². The molecule has 19 heavy (non-hydrogen) atoms. The fraction of sp³-hybridized carbons (Fsp3) is 0.733. The van der Waals surface area contributed by atoms with Crippen molar-refractivity contribution in [2.45, 2.75) is 39.4 Å². The molecule has 1 saturated heterocycles. The Kier molecular flexibility index (Phi) is 5.39. The lowest BCUT2D eigenvalue weighted by Crippen LogP contribution is -2.50. The molecular formula is C15H27N3S. The van der Waals surface area contributed by atoms with Crippen LogP contribution in [0.1, 0.15) is 28.7 Å². The molecule has 1 fully saturated rings. The first-order valence-electron chi connectivity index (χ1n) is 7.29. The number of hydrogen-bond donors (Lipinski definition) is 1. The zero-order valence-electron chi connectivity index (χ0n) is 12.7. The van der Waals surface area contributed by atoms with Crippen molar-refractivity contribution < 1.29 is 0 Å². The second kappa shape index (κ2) is 6.84. The average Bonchev–Trinajstić information content (AvgIpc) is 2.72. The molecule has 1 unspecified atom stereocenters. The van der Waals surface area contributed by atoms with E-state index in [0.29, 0.717) is 0 Å². The molecule has 1 aliphatic rings. The van der Waals surface area contributed by atoms with E-state index < -0.39 is 0 Å². The summed E-state index contributed by atoms with van der Waals surface area (Å²) in [6.07, 6.45) is 1.25. The predicted molar refractivity (Wildman–Crippen MR) is 83.8 cm³/mol. The molecule has 0 amide bonds. The van der Waals surface area contributed by atoms with Gasteiger partial charge in [-0.2, -0.15) is 0 Å². The summed E-state index contributed by atoms with van der Waals surface area (Å²) in [7, 11) is 4.27. The number of nitrogens with one attached hydrogen (secondary N) is 1. The van der Waals surface area contributed by atoms with E-state index in [1.54, 1.807) is 0 Å². The van der Waals surface area contributed by atoms with Gasteiger partial charge in [0, 0.05) is 48.5 Å². The normalized spacial score (nSPS) is 22.0. The van der Waals surface area contributed by atoms with Crippen LogP contribution < -0.4 is 5.32 Å². The molecule has 1 N–H and O–H groups in total. The lowest BCUT2D eigenvalue weighted by Gasteiger charge is -2.39. The number of nitrogens with zero attached hydrogens (tertiary/aromatic N) is 2. The second-order valence-corrected chi connectivity index (χ2v) is 6.94. The van der Waals surface area contributed by atoms with Crippen molar-refractivity contribution >= 4 is 11.3 Å². The molecule has 1 atom stereocenters. The Bertz CT molecular complexity index is 402. The zero-order chi connectivity index (χ0) is 13.8. The van der Waals surface area contributed by atoms with Crippen molar-refractivity contribution in [3.8, 4) is 0 Å². The van der Waals surface area contributed by atoms with E-state index in [1.807, 2.05) is 18.4 Å². The number of likely N-dealkylation sites (N-methyl/N-ethyl adjacent to an activating group) is 1. The largest absolute Gasteiger partial charge is 0.315 e. The number of hydrogen-bond acceptors (Lipinski definition) is 4. The van der Waals surface area contributed by atoms with E-state index in [-0.39, 0.29) is 0 Å². The molecule has 1 aromatic rings. The van der Waals surface area contributed by atoms with Crippen molar-refractivity contribution in [2.75, 3.05) is 33.7 Å². The topological polar surface area (TPSA) is 18.5 Å². The smallest absolute Gasteiger partial charge is 0.0296 e. The second-order valence-electron chi connectivity index (χ2n) is 5.60. The zero-order valence-corrected chi connectivity index (χ0v) is 13.5. The van der Waals surface area contributed by atoms with Gasteiger partial charge in [-0.1, -0.05) is 6.92 Å². The molecule has 0 spiro atoms. The van der Waals surface area contributed by atoms with Gasteiger partial charge in [-0.3, -0.25) is 4.90 Å². The summed E-state index contributed by atoms with van der Waals surface area (Å²) < 4.78 is 0. The van der Waals surface area contributed by atoms with Crippen LogP contribution in [0.25, 0.3) is 0 Å². The Morgan fingerprint density at radius 3 is 2.89 bits per heavy atom. The summed E-state index contributed by atoms with van der Waals surface area (Å²) in [6.45, 7) is 10.3. The molecule has 108 valence electrons. The summed E-state index contributed by atoms with van der Waals surface area (Å²) in [5.74, 6) is 0. The molecular weight excluding hydrogens is 254 g/mol. The first-order chi connectivity index (χ1) is 9.13. The van der Waals surface area contributed by atoms with Crippen LogP contribution in [0.4, 0.5) is 0 Å². The maximum atomic E-state index is 3.24. The fourth-order valence-corrected chi connectivity index (χ4v) is 3.91. The highest BCUT2D eigenvalue weighted by Gasteiger charge is 2.23. The Hall–Kier alpha value is -0.420. The third kappa shape index (κ3) is 3.78. The van der Waals surface area contributed by atoms with E-state index in [9.17, 15) is 0 Å². The molecule has 1 aromatic heterocycles. The van der Waals surface area contributed by atoms with Crippen molar-refractivity contribution in [1.82, 2.24) is 15.1 Å². The van der Waals surface area contributed by atoms with Gasteiger partial charge in [0.1, 0.15) is 0 Å². The molecule has 4 heteroatoms. The Morgan fingerprint density at radius 2 is 2.21 bits per heavy atom. The van der Waals surface area contributed by atoms with Gasteiger partial charge in [-0.25, -0.2) is 0 Å². The van der Waals surface area contributed by atoms with E-state index in [1.165, 1.54) is 41.4 Å². The highest BCUT2D eigenvalue weighted by Crippen LogP contribution is 2.24. The summed E-state index contributed by atoms with van der Waals surface area (Å²) in [4.78, 5) is 8.06. The standard InChI is InChI=1S/C15H27N3S/c1-5-14-11-18(7-6-17(14)4)10-13-8-15(9-16-3)19-12(13)2/h8,14,16H,5-7,9-11H2,1-4H3. The molecule has 2 rings (SSSR count). The number of rotatable bonds is 5. The van der Waals surface area contributed by atoms with E-state index in [0.717, 1.165) is 19.1 Å². The van der Waals surface area contributed by atoms with Crippen LogP contribution in [-0.2, 0) is 13.1 Å². The van der Waals surface area contributed by atoms with Gasteiger partial charge in [0.05, 0.1) is 0 Å². The fourth-order valence-electron chi connectivity index (χ4n) is 2.84. The molecule has 0 aliphatic carbocycles. The SMILES string of the molecule is CCC1CN(Cc2cc(CNC)sc2C)CCN1C. The van der Waals surface area contributed by atoms with Gasteiger partial charge >= 0.3 is 0 Å². The minimum absolute atomic E-state index is 0.726. The van der Waals surface area contributed by atoms with Crippen LogP contribution in [0.2, 0.25) is 0 Å². The van der Waals surface area contributed by atoms with Crippen LogP contribution in [-0.4, -0.2) is 49.6 Å². The Morgan fingerprint density at radius 1 is 1.42 bits per heavy atom. The minimum Gasteiger partial charge on any atom is -0.315 e. The summed E-state index contributed by atoms with van der Waals surface area (Å²) in [5.41, 5.74) is 1.52. The number of thiophene rings is 1. The maximum Gasteiger partial charge on any atom is 0.0296 e. The highest BCUT2D eigenvalue weighted by atomic mass is 32.1. The Balaban J connectivity index is 1.97. The summed E-state index contributed by atoms with van der Waals surface area (Å²) in [5, 5.41) is 3.24. The van der Waals surface area contributed by atoms with Crippen molar-refractivity contribution in [3.05, 3.63) is 21.4 Å². The average molecular weight is 281 g/mol. The molecule has 0 saturated carbocycles. The summed E-state index contributed by atoms with van der Waals surface area (Å²) in [6, 6.07) is 3.11. The first kappa shape index (κ1) is 15.0. The first-order valence-corrected chi connectivity index (χ1v) is 8.11. The van der Waals surface area contributed by atoms with E-state index in [2.05, 4.69) is 42.1 Å². The van der Waals surface area contributed by atoms with E-state index in [4.69, 9.17) is 0 Å². The molecule has 0 bridgehead atoms. The van der Waals surface area contributed by atoms with Gasteiger partial charge < -0.3 is 10.2 Å². The van der Waals surface area contributed by atoms with Crippen LogP contribution >= 0.6 is 11.3 Å². The van der Waals surface area contributed by atoms with Gasteiger partial charge in [0.25, 0.3) is 0 Å². The molecule has 1 aliphatic heterocycles. The lowest BCUT2D eigenvalue weighted by atomic mass is 10.1.